The van der Waals surface area contributed by atoms with Crippen LogP contribution in [0.3, 0.4) is 0 Å². The number of hydrogen-bond acceptors (Lipinski definition) is 3. The van der Waals surface area contributed by atoms with Crippen LogP contribution in [0.1, 0.15) is 19.8 Å². The molecule has 1 unspecified atom stereocenters. The molecule has 2 N–H and O–H groups in total. The van der Waals surface area contributed by atoms with Crippen molar-refractivity contribution in [2.24, 2.45) is 5.92 Å². The minimum Gasteiger partial charge on any atom is -0.399 e. The van der Waals surface area contributed by atoms with Gasteiger partial charge in [-0.05, 0) is 43.0 Å². The second kappa shape index (κ2) is 4.66. The van der Waals surface area contributed by atoms with Crippen molar-refractivity contribution in [2.45, 2.75) is 24.7 Å². The first-order chi connectivity index (χ1) is 8.00. The summed E-state index contributed by atoms with van der Waals surface area (Å²) in [5.41, 5.74) is 6.14. The van der Waals surface area contributed by atoms with Crippen LogP contribution in [-0.4, -0.2) is 25.8 Å². The number of anilines is 1. The zero-order valence-corrected chi connectivity index (χ0v) is 10.8. The lowest BCUT2D eigenvalue weighted by atomic mass is 10.0. The lowest BCUT2D eigenvalue weighted by Gasteiger charge is -2.30. The molecule has 1 fully saturated rings. The Morgan fingerprint density at radius 2 is 1.94 bits per heavy atom. The Balaban J connectivity index is 2.26. The van der Waals surface area contributed by atoms with Gasteiger partial charge < -0.3 is 5.73 Å². The van der Waals surface area contributed by atoms with Gasteiger partial charge in [0.2, 0.25) is 10.0 Å². The van der Waals surface area contributed by atoms with Crippen molar-refractivity contribution in [1.82, 2.24) is 4.31 Å². The summed E-state index contributed by atoms with van der Waals surface area (Å²) < 4.78 is 26.2. The number of hydrogen-bond donors (Lipinski definition) is 1. The lowest BCUT2D eigenvalue weighted by Crippen LogP contribution is -2.39. The van der Waals surface area contributed by atoms with E-state index in [1.54, 1.807) is 28.6 Å². The number of benzene rings is 1. The summed E-state index contributed by atoms with van der Waals surface area (Å²) >= 11 is 0. The minimum absolute atomic E-state index is 0.334. The van der Waals surface area contributed by atoms with E-state index in [1.807, 2.05) is 0 Å². The highest BCUT2D eigenvalue weighted by molar-refractivity contribution is 7.89. The molecule has 1 aromatic carbocycles. The smallest absolute Gasteiger partial charge is 0.243 e. The van der Waals surface area contributed by atoms with Crippen LogP contribution in [0, 0.1) is 5.92 Å². The quantitative estimate of drug-likeness (QED) is 0.817. The van der Waals surface area contributed by atoms with Gasteiger partial charge >= 0.3 is 0 Å². The highest BCUT2D eigenvalue weighted by atomic mass is 32.2. The SMILES string of the molecule is CC1CCCN(S(=O)(=O)c2ccc(N)cc2)C1. The molecule has 1 aromatic rings. The van der Waals surface area contributed by atoms with Crippen LogP contribution in [0.2, 0.25) is 0 Å². The molecule has 1 heterocycles. The maximum atomic E-state index is 12.3. The van der Waals surface area contributed by atoms with Crippen molar-refractivity contribution < 1.29 is 8.42 Å². The topological polar surface area (TPSA) is 63.4 Å². The van der Waals surface area contributed by atoms with E-state index in [0.717, 1.165) is 12.8 Å². The van der Waals surface area contributed by atoms with Crippen molar-refractivity contribution in [3.63, 3.8) is 0 Å². The average molecular weight is 254 g/mol. The van der Waals surface area contributed by atoms with Gasteiger partial charge in [-0.3, -0.25) is 0 Å². The van der Waals surface area contributed by atoms with Gasteiger partial charge in [-0.2, -0.15) is 4.31 Å². The summed E-state index contributed by atoms with van der Waals surface area (Å²) in [7, 11) is -3.33. The van der Waals surface area contributed by atoms with Gasteiger partial charge in [0.15, 0.2) is 0 Å². The molecule has 2 rings (SSSR count). The van der Waals surface area contributed by atoms with Crippen molar-refractivity contribution in [3.8, 4) is 0 Å². The Bertz CT molecular complexity index is 482. The predicted octanol–water partition coefficient (Wildman–Crippen LogP) is 1.69. The van der Waals surface area contributed by atoms with Crippen molar-refractivity contribution >= 4 is 15.7 Å². The van der Waals surface area contributed by atoms with E-state index in [0.29, 0.717) is 29.6 Å². The van der Waals surface area contributed by atoms with Gasteiger partial charge in [-0.15, -0.1) is 0 Å². The highest BCUT2D eigenvalue weighted by Crippen LogP contribution is 2.23. The molecule has 0 aromatic heterocycles. The molecular formula is C12H18N2O2S. The van der Waals surface area contributed by atoms with Crippen LogP contribution in [-0.2, 0) is 10.0 Å². The lowest BCUT2D eigenvalue weighted by molar-refractivity contribution is 0.281. The summed E-state index contributed by atoms with van der Waals surface area (Å²) in [5, 5.41) is 0. The summed E-state index contributed by atoms with van der Waals surface area (Å²) in [6, 6.07) is 6.40. The number of nitrogens with zero attached hydrogens (tertiary/aromatic N) is 1. The molecule has 1 atom stereocenters. The van der Waals surface area contributed by atoms with Gasteiger partial charge in [0.05, 0.1) is 4.90 Å². The fourth-order valence-corrected chi connectivity index (χ4v) is 3.75. The molecule has 0 saturated carbocycles. The van der Waals surface area contributed by atoms with Crippen LogP contribution < -0.4 is 5.73 Å². The third-order valence-electron chi connectivity index (χ3n) is 3.14. The molecule has 0 radical (unpaired) electrons. The first-order valence-electron chi connectivity index (χ1n) is 5.86. The molecule has 17 heavy (non-hydrogen) atoms. The first kappa shape index (κ1) is 12.4. The third-order valence-corrected chi connectivity index (χ3v) is 5.02. The zero-order chi connectivity index (χ0) is 12.5. The van der Waals surface area contributed by atoms with Crippen molar-refractivity contribution in [3.05, 3.63) is 24.3 Å². The second-order valence-electron chi connectivity index (χ2n) is 4.68. The van der Waals surface area contributed by atoms with Crippen LogP contribution in [0.25, 0.3) is 0 Å². The average Bonchev–Trinajstić information content (AvgIpc) is 2.29. The summed E-state index contributed by atoms with van der Waals surface area (Å²) in [6.45, 7) is 3.33. The van der Waals surface area contributed by atoms with E-state index in [4.69, 9.17) is 5.73 Å². The molecule has 5 heteroatoms. The van der Waals surface area contributed by atoms with Crippen LogP contribution >= 0.6 is 0 Å². The summed E-state index contributed by atoms with van der Waals surface area (Å²) in [4.78, 5) is 0.334. The van der Waals surface area contributed by atoms with E-state index < -0.39 is 10.0 Å². The normalized spacial score (nSPS) is 22.5. The number of sulfonamides is 1. The number of piperidine rings is 1. The number of rotatable bonds is 2. The second-order valence-corrected chi connectivity index (χ2v) is 6.62. The predicted molar refractivity (Wildman–Crippen MR) is 68.0 cm³/mol. The van der Waals surface area contributed by atoms with Gasteiger partial charge in [0.1, 0.15) is 0 Å². The van der Waals surface area contributed by atoms with Gasteiger partial charge in [0.25, 0.3) is 0 Å². The molecule has 94 valence electrons. The zero-order valence-electron chi connectivity index (χ0n) is 9.96. The third kappa shape index (κ3) is 2.61. The fourth-order valence-electron chi connectivity index (χ4n) is 2.15. The number of nitrogens with two attached hydrogens (primary N) is 1. The molecule has 1 aliphatic heterocycles. The fraction of sp³-hybridized carbons (Fsp3) is 0.500. The van der Waals surface area contributed by atoms with E-state index in [9.17, 15) is 8.42 Å². The Hall–Kier alpha value is -1.07. The largest absolute Gasteiger partial charge is 0.399 e. The molecule has 0 spiro atoms. The standard InChI is InChI=1S/C12H18N2O2S/c1-10-3-2-8-14(9-10)17(15,16)12-6-4-11(13)5-7-12/h4-7,10H,2-3,8-9,13H2,1H3. The Kier molecular flexibility index (Phi) is 3.40. The monoisotopic (exact) mass is 254 g/mol. The Morgan fingerprint density at radius 3 is 2.53 bits per heavy atom. The molecule has 1 aliphatic rings. The summed E-state index contributed by atoms with van der Waals surface area (Å²) in [6.07, 6.45) is 2.04. The van der Waals surface area contributed by atoms with Crippen LogP contribution in [0.5, 0.6) is 0 Å². The van der Waals surface area contributed by atoms with Gasteiger partial charge in [0, 0.05) is 18.8 Å². The molecule has 0 bridgehead atoms. The molecular weight excluding hydrogens is 236 g/mol. The molecule has 4 nitrogen and oxygen atoms in total. The first-order valence-corrected chi connectivity index (χ1v) is 7.30. The van der Waals surface area contributed by atoms with Crippen LogP contribution in [0.4, 0.5) is 5.69 Å². The van der Waals surface area contributed by atoms with E-state index >= 15 is 0 Å². The van der Waals surface area contributed by atoms with Crippen LogP contribution in [0.15, 0.2) is 29.2 Å². The highest BCUT2D eigenvalue weighted by Gasteiger charge is 2.28. The maximum Gasteiger partial charge on any atom is 0.243 e. The van der Waals surface area contributed by atoms with Gasteiger partial charge in [-0.1, -0.05) is 6.92 Å². The van der Waals surface area contributed by atoms with Crippen molar-refractivity contribution in [2.75, 3.05) is 18.8 Å². The van der Waals surface area contributed by atoms with E-state index in [1.165, 1.54) is 0 Å². The Morgan fingerprint density at radius 1 is 1.29 bits per heavy atom. The van der Waals surface area contributed by atoms with E-state index in [-0.39, 0.29) is 0 Å². The molecule has 0 aliphatic carbocycles. The van der Waals surface area contributed by atoms with E-state index in [2.05, 4.69) is 6.92 Å². The minimum atomic E-state index is -3.33. The van der Waals surface area contributed by atoms with Crippen molar-refractivity contribution in [1.29, 1.82) is 0 Å². The Labute approximate surface area is 102 Å². The maximum absolute atomic E-state index is 12.3. The molecule has 1 saturated heterocycles. The summed E-state index contributed by atoms with van der Waals surface area (Å²) in [5.74, 6) is 0.437. The number of nitrogen functional groups attached to an aromatic ring is 1. The molecule has 0 amide bonds. The van der Waals surface area contributed by atoms with Gasteiger partial charge in [-0.25, -0.2) is 8.42 Å².